The Morgan fingerprint density at radius 2 is 2.17 bits per heavy atom. The molecule has 2 aliphatic rings. The molecular formula is C19H32N4O. The number of hydrogen-bond acceptors (Lipinski definition) is 3. The second kappa shape index (κ2) is 7.60. The predicted molar refractivity (Wildman–Crippen MR) is 98.2 cm³/mol. The van der Waals surface area contributed by atoms with Crippen LogP contribution < -0.4 is 5.32 Å². The quantitative estimate of drug-likeness (QED) is 0.642. The van der Waals surface area contributed by atoms with Gasteiger partial charge in [-0.1, -0.05) is 20.3 Å². The van der Waals surface area contributed by atoms with Crippen molar-refractivity contribution in [2.45, 2.75) is 45.6 Å². The van der Waals surface area contributed by atoms with Gasteiger partial charge < -0.3 is 14.6 Å². The summed E-state index contributed by atoms with van der Waals surface area (Å²) >= 11 is 0. The highest BCUT2D eigenvalue weighted by Gasteiger charge is 2.43. The molecule has 0 radical (unpaired) electrons. The van der Waals surface area contributed by atoms with Gasteiger partial charge in [-0.2, -0.15) is 0 Å². The number of nitrogens with zero attached hydrogens (tertiary/aromatic N) is 3. The molecule has 2 fully saturated rings. The SMILES string of the molecule is CCN(CC)C(CNC(=NC)N1CCC2(CCC2)C1)c1ccco1. The van der Waals surface area contributed by atoms with Gasteiger partial charge in [0.05, 0.1) is 12.3 Å². The van der Waals surface area contributed by atoms with Gasteiger partial charge in [0.1, 0.15) is 5.76 Å². The number of likely N-dealkylation sites (N-methyl/N-ethyl adjacent to an activating group) is 1. The highest BCUT2D eigenvalue weighted by molar-refractivity contribution is 5.80. The summed E-state index contributed by atoms with van der Waals surface area (Å²) in [5.41, 5.74) is 0.594. The van der Waals surface area contributed by atoms with E-state index in [0.29, 0.717) is 5.41 Å². The van der Waals surface area contributed by atoms with Crippen LogP contribution in [0.4, 0.5) is 0 Å². The highest BCUT2D eigenvalue weighted by atomic mass is 16.3. The molecule has 5 heteroatoms. The average Bonchev–Trinajstić information content (AvgIpc) is 3.24. The van der Waals surface area contributed by atoms with E-state index in [0.717, 1.165) is 37.9 Å². The molecule has 134 valence electrons. The first-order valence-electron chi connectivity index (χ1n) is 9.44. The molecule has 1 saturated heterocycles. The van der Waals surface area contributed by atoms with Gasteiger partial charge in [0, 0.05) is 26.7 Å². The maximum Gasteiger partial charge on any atom is 0.193 e. The van der Waals surface area contributed by atoms with Crippen LogP contribution in [-0.4, -0.2) is 55.5 Å². The summed E-state index contributed by atoms with van der Waals surface area (Å²) in [5.74, 6) is 2.07. The standard InChI is InChI=1S/C19H32N4O/c1-4-22(5-2)16(17-8-6-13-24-17)14-21-18(20-3)23-12-11-19(15-23)9-7-10-19/h6,8,13,16H,4-5,7,9-12,14-15H2,1-3H3,(H,20,21). The second-order valence-electron chi connectivity index (χ2n) is 7.21. The fourth-order valence-corrected chi connectivity index (χ4v) is 4.28. The van der Waals surface area contributed by atoms with Crippen molar-refractivity contribution in [1.82, 2.24) is 15.1 Å². The van der Waals surface area contributed by atoms with Crippen LogP contribution in [0, 0.1) is 5.41 Å². The maximum atomic E-state index is 5.70. The Hall–Kier alpha value is -1.49. The van der Waals surface area contributed by atoms with E-state index >= 15 is 0 Å². The fraction of sp³-hybridized carbons (Fsp3) is 0.737. The van der Waals surface area contributed by atoms with Gasteiger partial charge in [0.25, 0.3) is 0 Å². The van der Waals surface area contributed by atoms with Gasteiger partial charge in [0.15, 0.2) is 5.96 Å². The van der Waals surface area contributed by atoms with Crippen molar-refractivity contribution in [1.29, 1.82) is 0 Å². The molecule has 1 N–H and O–H groups in total. The third kappa shape index (κ3) is 3.46. The summed E-state index contributed by atoms with van der Waals surface area (Å²) in [4.78, 5) is 9.41. The molecule has 1 unspecified atom stereocenters. The lowest BCUT2D eigenvalue weighted by molar-refractivity contribution is 0.151. The number of furan rings is 1. The number of aliphatic imine (C=N–C) groups is 1. The maximum absolute atomic E-state index is 5.70. The summed E-state index contributed by atoms with van der Waals surface area (Å²) in [6, 6.07) is 4.29. The van der Waals surface area contributed by atoms with Gasteiger partial charge in [0.2, 0.25) is 0 Å². The molecule has 1 spiro atoms. The Kier molecular flexibility index (Phi) is 5.49. The largest absolute Gasteiger partial charge is 0.468 e. The van der Waals surface area contributed by atoms with Gasteiger partial charge in [-0.25, -0.2) is 0 Å². The first kappa shape index (κ1) is 17.3. The van der Waals surface area contributed by atoms with Crippen molar-refractivity contribution < 1.29 is 4.42 Å². The molecule has 0 amide bonds. The van der Waals surface area contributed by atoms with Crippen LogP contribution in [-0.2, 0) is 0 Å². The Balaban J connectivity index is 1.62. The molecule has 1 aromatic heterocycles. The van der Waals surface area contributed by atoms with Crippen molar-refractivity contribution in [2.75, 3.05) is 39.8 Å². The fourth-order valence-electron chi connectivity index (χ4n) is 4.28. The lowest BCUT2D eigenvalue weighted by Gasteiger charge is -2.38. The number of hydrogen-bond donors (Lipinski definition) is 1. The summed E-state index contributed by atoms with van der Waals surface area (Å²) in [6.07, 6.45) is 7.29. The van der Waals surface area contributed by atoms with E-state index in [1.807, 2.05) is 13.1 Å². The topological polar surface area (TPSA) is 44.0 Å². The van der Waals surface area contributed by atoms with E-state index in [9.17, 15) is 0 Å². The molecular weight excluding hydrogens is 300 g/mol. The molecule has 5 nitrogen and oxygen atoms in total. The van der Waals surface area contributed by atoms with Crippen molar-refractivity contribution in [2.24, 2.45) is 10.4 Å². The van der Waals surface area contributed by atoms with Crippen molar-refractivity contribution in [3.8, 4) is 0 Å². The minimum absolute atomic E-state index is 0.243. The van der Waals surface area contributed by atoms with E-state index in [2.05, 4.69) is 40.0 Å². The number of guanidine groups is 1. The zero-order valence-electron chi connectivity index (χ0n) is 15.4. The number of likely N-dealkylation sites (tertiary alicyclic amines) is 1. The van der Waals surface area contributed by atoms with Crippen LogP contribution >= 0.6 is 0 Å². The Morgan fingerprint density at radius 1 is 1.38 bits per heavy atom. The molecule has 0 aromatic carbocycles. The van der Waals surface area contributed by atoms with Crippen LogP contribution in [0.5, 0.6) is 0 Å². The molecule has 1 saturated carbocycles. The molecule has 3 rings (SSSR count). The Labute approximate surface area is 146 Å². The van der Waals surface area contributed by atoms with Crippen LogP contribution in [0.15, 0.2) is 27.8 Å². The minimum Gasteiger partial charge on any atom is -0.468 e. The first-order chi connectivity index (χ1) is 11.7. The first-order valence-corrected chi connectivity index (χ1v) is 9.44. The van der Waals surface area contributed by atoms with Gasteiger partial charge >= 0.3 is 0 Å². The van der Waals surface area contributed by atoms with Gasteiger partial charge in [-0.15, -0.1) is 0 Å². The minimum atomic E-state index is 0.243. The lowest BCUT2D eigenvalue weighted by Crippen LogP contribution is -2.45. The number of nitrogens with one attached hydrogen (secondary N) is 1. The predicted octanol–water partition coefficient (Wildman–Crippen LogP) is 3.11. The molecule has 1 aliphatic heterocycles. The zero-order valence-corrected chi connectivity index (χ0v) is 15.4. The van der Waals surface area contributed by atoms with E-state index < -0.39 is 0 Å². The molecule has 24 heavy (non-hydrogen) atoms. The second-order valence-corrected chi connectivity index (χ2v) is 7.21. The highest BCUT2D eigenvalue weighted by Crippen LogP contribution is 2.47. The van der Waals surface area contributed by atoms with Gasteiger partial charge in [-0.3, -0.25) is 9.89 Å². The van der Waals surface area contributed by atoms with E-state index in [1.54, 1.807) is 6.26 Å². The summed E-state index contributed by atoms with van der Waals surface area (Å²) < 4.78 is 5.70. The van der Waals surface area contributed by atoms with Crippen LogP contribution in [0.3, 0.4) is 0 Å². The molecule has 1 aromatic rings. The van der Waals surface area contributed by atoms with E-state index in [4.69, 9.17) is 4.42 Å². The van der Waals surface area contributed by atoms with Crippen LogP contribution in [0.25, 0.3) is 0 Å². The van der Waals surface area contributed by atoms with E-state index in [1.165, 1.54) is 32.2 Å². The van der Waals surface area contributed by atoms with E-state index in [-0.39, 0.29) is 6.04 Å². The smallest absolute Gasteiger partial charge is 0.193 e. The lowest BCUT2D eigenvalue weighted by atomic mass is 9.68. The van der Waals surface area contributed by atoms with Gasteiger partial charge in [-0.05, 0) is 49.9 Å². The van der Waals surface area contributed by atoms with Crippen molar-refractivity contribution in [3.05, 3.63) is 24.2 Å². The van der Waals surface area contributed by atoms with Crippen LogP contribution in [0.2, 0.25) is 0 Å². The molecule has 1 atom stereocenters. The average molecular weight is 332 g/mol. The summed E-state index contributed by atoms with van der Waals surface area (Å²) in [7, 11) is 1.90. The van der Waals surface area contributed by atoms with Crippen molar-refractivity contribution in [3.63, 3.8) is 0 Å². The van der Waals surface area contributed by atoms with Crippen LogP contribution in [0.1, 0.15) is 51.3 Å². The third-order valence-electron chi connectivity index (χ3n) is 5.94. The molecule has 0 bridgehead atoms. The summed E-state index contributed by atoms with van der Waals surface area (Å²) in [5, 5.41) is 3.61. The molecule has 2 heterocycles. The van der Waals surface area contributed by atoms with Crippen molar-refractivity contribution >= 4 is 5.96 Å². The monoisotopic (exact) mass is 332 g/mol. The number of rotatable bonds is 6. The zero-order chi connectivity index (χ0) is 17.0. The third-order valence-corrected chi connectivity index (χ3v) is 5.94. The summed E-state index contributed by atoms with van der Waals surface area (Å²) in [6.45, 7) is 9.55. The Bertz CT molecular complexity index is 532. The Morgan fingerprint density at radius 3 is 2.67 bits per heavy atom. The normalized spacial score (nSPS) is 21.3. The molecule has 1 aliphatic carbocycles.